The molecule has 0 saturated carbocycles. The van der Waals surface area contributed by atoms with Crippen molar-refractivity contribution in [3.05, 3.63) is 46.5 Å². The normalized spacial score (nSPS) is 10.6. The molecule has 5 nitrogen and oxygen atoms in total. The molecule has 1 aromatic carbocycles. The van der Waals surface area contributed by atoms with E-state index >= 15 is 0 Å². The first kappa shape index (κ1) is 13.1. The lowest BCUT2D eigenvalue weighted by molar-refractivity contribution is 1.08. The van der Waals surface area contributed by atoms with Gasteiger partial charge >= 0.3 is 0 Å². The molecule has 98 valence electrons. The molecule has 0 aliphatic rings. The molecule has 0 fully saturated rings. The maximum absolute atomic E-state index is 8.95. The smallest absolute Gasteiger partial charge is 0.181 e. The quantitative estimate of drug-likeness (QED) is 0.582. The number of nitrogens with one attached hydrogen (secondary N) is 1. The van der Waals surface area contributed by atoms with Crippen molar-refractivity contribution in [1.82, 2.24) is 19.9 Å². The highest BCUT2D eigenvalue weighted by Crippen LogP contribution is 2.29. The fourth-order valence-electron chi connectivity index (χ4n) is 1.75. The number of aromatic nitrogens is 4. The van der Waals surface area contributed by atoms with Crippen LogP contribution in [0.2, 0.25) is 0 Å². The van der Waals surface area contributed by atoms with Crippen LogP contribution < -0.4 is 0 Å². The summed E-state index contributed by atoms with van der Waals surface area (Å²) in [6.45, 7) is 0. The molecule has 0 unspecified atom stereocenters. The van der Waals surface area contributed by atoms with Gasteiger partial charge < -0.3 is 4.98 Å². The van der Waals surface area contributed by atoms with Crippen LogP contribution in [-0.4, -0.2) is 19.9 Å². The molecule has 0 amide bonds. The van der Waals surface area contributed by atoms with Crippen LogP contribution in [-0.2, 0) is 5.75 Å². The number of nitrogens with zero attached hydrogens (tertiary/aromatic N) is 4. The number of H-pyrrole nitrogens is 1. The summed E-state index contributed by atoms with van der Waals surface area (Å²) < 4.78 is 0.985. The van der Waals surface area contributed by atoms with Crippen molar-refractivity contribution in [2.24, 2.45) is 0 Å². The van der Waals surface area contributed by atoms with Gasteiger partial charge in [0, 0.05) is 10.2 Å². The second-order valence-electron chi connectivity index (χ2n) is 3.99. The second kappa shape index (κ2) is 5.61. The number of benzene rings is 1. The summed E-state index contributed by atoms with van der Waals surface area (Å²) in [5.74, 6) is 0.710. The molecule has 3 aromatic rings. The molecule has 7 heteroatoms. The van der Waals surface area contributed by atoms with Crippen molar-refractivity contribution in [2.45, 2.75) is 10.8 Å². The van der Waals surface area contributed by atoms with E-state index in [1.165, 1.54) is 6.33 Å². The first-order chi connectivity index (χ1) is 9.78. The second-order valence-corrected chi connectivity index (χ2v) is 5.81. The first-order valence-electron chi connectivity index (χ1n) is 5.73. The maximum atomic E-state index is 8.95. The molecule has 20 heavy (non-hydrogen) atoms. The van der Waals surface area contributed by atoms with Gasteiger partial charge in [-0.05, 0) is 23.8 Å². The first-order valence-corrected chi connectivity index (χ1v) is 7.51. The summed E-state index contributed by atoms with van der Waals surface area (Å²) in [4.78, 5) is 15.5. The lowest BCUT2D eigenvalue weighted by Crippen LogP contribution is -1.89. The molecule has 2 heterocycles. The van der Waals surface area contributed by atoms with Crippen molar-refractivity contribution in [1.29, 1.82) is 5.26 Å². The zero-order valence-corrected chi connectivity index (χ0v) is 12.6. The number of aromatic amines is 1. The van der Waals surface area contributed by atoms with Gasteiger partial charge in [-0.2, -0.15) is 5.26 Å². The van der Waals surface area contributed by atoms with Crippen LogP contribution in [0.5, 0.6) is 0 Å². The Labute approximate surface area is 127 Å². The lowest BCUT2D eigenvalue weighted by atomic mass is 10.2. The van der Waals surface area contributed by atoms with Gasteiger partial charge in [0.15, 0.2) is 5.65 Å². The third-order valence-corrected chi connectivity index (χ3v) is 4.54. The Morgan fingerprint density at radius 2 is 2.20 bits per heavy atom. The van der Waals surface area contributed by atoms with E-state index in [2.05, 4.69) is 41.9 Å². The van der Waals surface area contributed by atoms with Crippen LogP contribution in [0.15, 0.2) is 40.4 Å². The van der Waals surface area contributed by atoms with E-state index in [4.69, 9.17) is 5.26 Å². The molecular weight excluding hydrogens is 338 g/mol. The Hall–Kier alpha value is -1.91. The zero-order valence-electron chi connectivity index (χ0n) is 10.2. The summed E-state index contributed by atoms with van der Waals surface area (Å²) in [5.41, 5.74) is 3.20. The number of fused-ring (bicyclic) bond motifs is 1. The molecule has 1 N–H and O–H groups in total. The molecule has 0 radical (unpaired) electrons. The topological polar surface area (TPSA) is 78.2 Å². The maximum Gasteiger partial charge on any atom is 0.181 e. The number of rotatable bonds is 3. The highest BCUT2D eigenvalue weighted by Gasteiger charge is 2.08. The lowest BCUT2D eigenvalue weighted by Gasteiger charge is -2.05. The fraction of sp³-hybridized carbons (Fsp3) is 0.0769. The molecular formula is C13H8BrN5S. The van der Waals surface area contributed by atoms with E-state index in [0.29, 0.717) is 17.0 Å². The summed E-state index contributed by atoms with van der Waals surface area (Å²) in [6.07, 6.45) is 3.11. The van der Waals surface area contributed by atoms with Gasteiger partial charge in [0.25, 0.3) is 0 Å². The largest absolute Gasteiger partial charge is 0.341 e. The molecule has 2 aromatic heterocycles. The van der Waals surface area contributed by atoms with Crippen LogP contribution in [0.3, 0.4) is 0 Å². The van der Waals surface area contributed by atoms with Gasteiger partial charge in [-0.15, -0.1) is 0 Å². The summed E-state index contributed by atoms with van der Waals surface area (Å²) in [6, 6.07) is 7.70. The molecule has 0 atom stereocenters. The Morgan fingerprint density at radius 1 is 1.30 bits per heavy atom. The highest BCUT2D eigenvalue weighted by atomic mass is 79.9. The molecule has 0 aliphatic carbocycles. The van der Waals surface area contributed by atoms with Crippen molar-refractivity contribution in [3.8, 4) is 6.07 Å². The van der Waals surface area contributed by atoms with Gasteiger partial charge in [0.05, 0.1) is 18.0 Å². The number of halogens is 1. The van der Waals surface area contributed by atoms with E-state index in [-0.39, 0.29) is 0 Å². The molecule has 3 rings (SSSR count). The third-order valence-electron chi connectivity index (χ3n) is 2.73. The number of thioether (sulfide) groups is 1. The number of nitriles is 1. The van der Waals surface area contributed by atoms with Gasteiger partial charge in [-0.3, -0.25) is 0 Å². The van der Waals surface area contributed by atoms with Crippen molar-refractivity contribution in [3.63, 3.8) is 0 Å². The Morgan fingerprint density at radius 3 is 3.05 bits per heavy atom. The number of imidazole rings is 1. The van der Waals surface area contributed by atoms with Crippen LogP contribution in [0, 0.1) is 11.3 Å². The van der Waals surface area contributed by atoms with Gasteiger partial charge in [-0.1, -0.05) is 27.7 Å². The van der Waals surface area contributed by atoms with Crippen LogP contribution >= 0.6 is 27.7 Å². The number of hydrogen-bond donors (Lipinski definition) is 1. The molecule has 0 saturated heterocycles. The third kappa shape index (κ3) is 2.53. The Balaban J connectivity index is 1.87. The van der Waals surface area contributed by atoms with E-state index in [0.717, 1.165) is 20.6 Å². The molecule has 0 bridgehead atoms. The van der Waals surface area contributed by atoms with Gasteiger partial charge in [-0.25, -0.2) is 15.0 Å². The van der Waals surface area contributed by atoms with E-state index in [9.17, 15) is 0 Å². The van der Waals surface area contributed by atoms with Crippen LogP contribution in [0.1, 0.15) is 11.1 Å². The standard InChI is InChI=1S/C13H8BrN5S/c14-10-2-1-8(4-15)3-9(10)5-20-13-11-12(17-6-16-11)18-7-19-13/h1-3,6-7H,5H2,(H,16,17,18,19). The predicted octanol–water partition coefficient (Wildman–Crippen LogP) is 3.28. The minimum Gasteiger partial charge on any atom is -0.341 e. The Kier molecular flexibility index (Phi) is 3.67. The predicted molar refractivity (Wildman–Crippen MR) is 80.1 cm³/mol. The van der Waals surface area contributed by atoms with Gasteiger partial charge in [0.1, 0.15) is 16.9 Å². The van der Waals surface area contributed by atoms with E-state index in [1.54, 1.807) is 24.2 Å². The zero-order chi connectivity index (χ0) is 13.9. The summed E-state index contributed by atoms with van der Waals surface area (Å²) >= 11 is 5.08. The van der Waals surface area contributed by atoms with Gasteiger partial charge in [0.2, 0.25) is 0 Å². The van der Waals surface area contributed by atoms with Crippen molar-refractivity contribution >= 4 is 38.9 Å². The molecule has 0 aliphatic heterocycles. The SMILES string of the molecule is N#Cc1ccc(Br)c(CSc2ncnc3nc[nH]c23)c1. The highest BCUT2D eigenvalue weighted by molar-refractivity contribution is 9.10. The van der Waals surface area contributed by atoms with Crippen molar-refractivity contribution < 1.29 is 0 Å². The Bertz CT molecular complexity index is 808. The minimum atomic E-state index is 0.651. The van der Waals surface area contributed by atoms with Crippen LogP contribution in [0.25, 0.3) is 11.2 Å². The van der Waals surface area contributed by atoms with Crippen molar-refractivity contribution in [2.75, 3.05) is 0 Å². The molecule has 0 spiro atoms. The van der Waals surface area contributed by atoms with E-state index < -0.39 is 0 Å². The summed E-state index contributed by atoms with van der Waals surface area (Å²) in [5, 5.41) is 9.79. The fourth-order valence-corrected chi connectivity index (χ4v) is 3.27. The number of hydrogen-bond acceptors (Lipinski definition) is 5. The average molecular weight is 346 g/mol. The minimum absolute atomic E-state index is 0.651. The van der Waals surface area contributed by atoms with E-state index in [1.807, 2.05) is 12.1 Å². The monoisotopic (exact) mass is 345 g/mol. The van der Waals surface area contributed by atoms with Crippen LogP contribution in [0.4, 0.5) is 0 Å². The summed E-state index contributed by atoms with van der Waals surface area (Å²) in [7, 11) is 0. The average Bonchev–Trinajstić information content (AvgIpc) is 2.95.